The Morgan fingerprint density at radius 1 is 1.29 bits per heavy atom. The molecule has 0 saturated heterocycles. The van der Waals surface area contributed by atoms with Crippen LogP contribution in [0.25, 0.3) is 0 Å². The van der Waals surface area contributed by atoms with E-state index in [1.807, 2.05) is 12.1 Å². The van der Waals surface area contributed by atoms with Gasteiger partial charge in [0.2, 0.25) is 5.91 Å². The van der Waals surface area contributed by atoms with Gasteiger partial charge in [-0.3, -0.25) is 4.79 Å². The minimum atomic E-state index is -0.0879. The van der Waals surface area contributed by atoms with Crippen molar-refractivity contribution in [1.29, 1.82) is 0 Å². The molecule has 2 aromatic rings. The number of benzene rings is 1. The normalized spacial score (nSPS) is 10.2. The Bertz CT molecular complexity index is 583. The zero-order chi connectivity index (χ0) is 15.1. The third kappa shape index (κ3) is 4.46. The summed E-state index contributed by atoms with van der Waals surface area (Å²) in [7, 11) is 3.13. The van der Waals surface area contributed by atoms with Gasteiger partial charge >= 0.3 is 0 Å². The van der Waals surface area contributed by atoms with Gasteiger partial charge in [0.1, 0.15) is 17.3 Å². The lowest BCUT2D eigenvalue weighted by molar-refractivity contribution is -0.113. The van der Waals surface area contributed by atoms with Crippen molar-refractivity contribution in [1.82, 2.24) is 0 Å². The summed E-state index contributed by atoms with van der Waals surface area (Å²) in [5.74, 6) is 3.02. The van der Waals surface area contributed by atoms with Crippen molar-refractivity contribution < 1.29 is 18.7 Å². The maximum absolute atomic E-state index is 11.9. The van der Waals surface area contributed by atoms with Crippen molar-refractivity contribution in [2.45, 2.75) is 5.75 Å². The summed E-state index contributed by atoms with van der Waals surface area (Å²) in [6.45, 7) is 0. The van der Waals surface area contributed by atoms with E-state index < -0.39 is 0 Å². The minimum absolute atomic E-state index is 0.0879. The topological polar surface area (TPSA) is 60.7 Å². The van der Waals surface area contributed by atoms with Gasteiger partial charge in [0.05, 0.1) is 37.7 Å². The highest BCUT2D eigenvalue weighted by Gasteiger charge is 2.09. The molecule has 1 aromatic heterocycles. The first kappa shape index (κ1) is 15.3. The number of carbonyl (C=O) groups is 1. The summed E-state index contributed by atoms with van der Waals surface area (Å²) in [6, 6.07) is 8.97. The average molecular weight is 307 g/mol. The van der Waals surface area contributed by atoms with E-state index in [-0.39, 0.29) is 5.91 Å². The second-order valence-electron chi connectivity index (χ2n) is 4.19. The highest BCUT2D eigenvalue weighted by atomic mass is 32.2. The molecule has 1 heterocycles. The van der Waals surface area contributed by atoms with Crippen LogP contribution in [0.1, 0.15) is 5.76 Å². The van der Waals surface area contributed by atoms with Crippen LogP contribution in [-0.2, 0) is 10.5 Å². The Labute approximate surface area is 127 Å². The molecule has 0 unspecified atom stereocenters. The molecule has 0 aliphatic carbocycles. The number of amides is 1. The number of carbonyl (C=O) groups excluding carboxylic acids is 1. The fourth-order valence-corrected chi connectivity index (χ4v) is 2.45. The summed E-state index contributed by atoms with van der Waals surface area (Å²) in [4.78, 5) is 11.9. The summed E-state index contributed by atoms with van der Waals surface area (Å²) < 4.78 is 15.6. The Hall–Kier alpha value is -2.08. The van der Waals surface area contributed by atoms with Crippen LogP contribution in [0.4, 0.5) is 5.69 Å². The zero-order valence-corrected chi connectivity index (χ0v) is 12.7. The van der Waals surface area contributed by atoms with Gasteiger partial charge in [-0.05, 0) is 24.3 Å². The van der Waals surface area contributed by atoms with Gasteiger partial charge in [0.25, 0.3) is 0 Å². The number of hydrogen-bond donors (Lipinski definition) is 1. The van der Waals surface area contributed by atoms with Gasteiger partial charge in [-0.25, -0.2) is 0 Å². The quantitative estimate of drug-likeness (QED) is 0.851. The number of ether oxygens (including phenoxy) is 2. The Kier molecular flexibility index (Phi) is 5.57. The predicted molar refractivity (Wildman–Crippen MR) is 83.0 cm³/mol. The van der Waals surface area contributed by atoms with Crippen molar-refractivity contribution in [2.75, 3.05) is 25.3 Å². The van der Waals surface area contributed by atoms with E-state index in [0.29, 0.717) is 28.7 Å². The molecular formula is C15H17NO4S. The molecule has 0 bridgehead atoms. The van der Waals surface area contributed by atoms with Crippen molar-refractivity contribution in [3.05, 3.63) is 42.4 Å². The molecule has 0 aliphatic heterocycles. The van der Waals surface area contributed by atoms with E-state index in [2.05, 4.69) is 5.32 Å². The molecule has 112 valence electrons. The molecule has 2 rings (SSSR count). The van der Waals surface area contributed by atoms with E-state index >= 15 is 0 Å². The van der Waals surface area contributed by atoms with Crippen LogP contribution in [0.2, 0.25) is 0 Å². The van der Waals surface area contributed by atoms with E-state index in [1.54, 1.807) is 38.7 Å². The molecule has 1 aromatic carbocycles. The largest absolute Gasteiger partial charge is 0.497 e. The van der Waals surface area contributed by atoms with Gasteiger partial charge in [-0.15, -0.1) is 11.8 Å². The molecule has 5 nitrogen and oxygen atoms in total. The van der Waals surface area contributed by atoms with Gasteiger partial charge in [0.15, 0.2) is 0 Å². The Morgan fingerprint density at radius 3 is 2.81 bits per heavy atom. The van der Waals surface area contributed by atoms with E-state index in [1.165, 1.54) is 11.8 Å². The van der Waals surface area contributed by atoms with Gasteiger partial charge in [-0.2, -0.15) is 0 Å². The molecule has 0 saturated carbocycles. The van der Waals surface area contributed by atoms with Crippen LogP contribution < -0.4 is 14.8 Å². The lowest BCUT2D eigenvalue weighted by Gasteiger charge is -2.11. The molecule has 0 atom stereocenters. The second kappa shape index (κ2) is 7.64. The van der Waals surface area contributed by atoms with E-state index in [9.17, 15) is 4.79 Å². The van der Waals surface area contributed by atoms with Crippen molar-refractivity contribution in [3.8, 4) is 11.5 Å². The standard InChI is InChI=1S/C15H17NO4S/c1-18-11-5-6-13(14(8-11)19-2)16-15(17)10-21-9-12-4-3-7-20-12/h3-8H,9-10H2,1-2H3,(H,16,17). The van der Waals surface area contributed by atoms with Crippen LogP contribution in [0.3, 0.4) is 0 Å². The fourth-order valence-electron chi connectivity index (χ4n) is 1.73. The Balaban J connectivity index is 1.87. The summed E-state index contributed by atoms with van der Waals surface area (Å²) >= 11 is 1.49. The summed E-state index contributed by atoms with van der Waals surface area (Å²) in [5, 5.41) is 2.82. The first-order chi connectivity index (χ1) is 10.2. The summed E-state index contributed by atoms with van der Waals surface area (Å²) in [5.41, 5.74) is 0.627. The molecule has 1 N–H and O–H groups in total. The number of methoxy groups -OCH3 is 2. The number of thioether (sulfide) groups is 1. The predicted octanol–water partition coefficient (Wildman–Crippen LogP) is 3.17. The number of furan rings is 1. The van der Waals surface area contributed by atoms with Crippen molar-refractivity contribution in [2.24, 2.45) is 0 Å². The minimum Gasteiger partial charge on any atom is -0.497 e. The summed E-state index contributed by atoms with van der Waals surface area (Å²) in [6.07, 6.45) is 1.62. The first-order valence-corrected chi connectivity index (χ1v) is 7.50. The van der Waals surface area contributed by atoms with Crippen molar-refractivity contribution >= 4 is 23.4 Å². The molecule has 1 amide bonds. The highest BCUT2D eigenvalue weighted by molar-refractivity contribution is 7.99. The molecule has 0 spiro atoms. The zero-order valence-electron chi connectivity index (χ0n) is 11.9. The average Bonchev–Trinajstić information content (AvgIpc) is 3.01. The lowest BCUT2D eigenvalue weighted by atomic mass is 10.2. The molecule has 0 fully saturated rings. The fraction of sp³-hybridized carbons (Fsp3) is 0.267. The third-order valence-electron chi connectivity index (χ3n) is 2.74. The Morgan fingerprint density at radius 2 is 2.14 bits per heavy atom. The molecule has 6 heteroatoms. The second-order valence-corrected chi connectivity index (χ2v) is 5.17. The number of nitrogens with one attached hydrogen (secondary N) is 1. The van der Waals surface area contributed by atoms with Crippen LogP contribution in [0, 0.1) is 0 Å². The highest BCUT2D eigenvalue weighted by Crippen LogP contribution is 2.29. The van der Waals surface area contributed by atoms with Gasteiger partial charge in [0, 0.05) is 6.07 Å². The van der Waals surface area contributed by atoms with Crippen LogP contribution in [0.15, 0.2) is 41.0 Å². The third-order valence-corrected chi connectivity index (χ3v) is 3.70. The first-order valence-electron chi connectivity index (χ1n) is 6.35. The smallest absolute Gasteiger partial charge is 0.234 e. The van der Waals surface area contributed by atoms with Crippen LogP contribution in [-0.4, -0.2) is 25.9 Å². The molecule has 21 heavy (non-hydrogen) atoms. The SMILES string of the molecule is COc1ccc(NC(=O)CSCc2ccco2)c(OC)c1. The van der Waals surface area contributed by atoms with Crippen LogP contribution in [0.5, 0.6) is 11.5 Å². The number of hydrogen-bond acceptors (Lipinski definition) is 5. The maximum atomic E-state index is 11.9. The number of rotatable bonds is 7. The molecule has 0 aliphatic rings. The van der Waals surface area contributed by atoms with E-state index in [0.717, 1.165) is 5.76 Å². The van der Waals surface area contributed by atoms with Gasteiger partial charge < -0.3 is 19.2 Å². The van der Waals surface area contributed by atoms with Crippen molar-refractivity contribution in [3.63, 3.8) is 0 Å². The van der Waals surface area contributed by atoms with Gasteiger partial charge in [-0.1, -0.05) is 0 Å². The molecular weight excluding hydrogens is 290 g/mol. The van der Waals surface area contributed by atoms with Crippen LogP contribution >= 0.6 is 11.8 Å². The lowest BCUT2D eigenvalue weighted by Crippen LogP contribution is -2.14. The monoisotopic (exact) mass is 307 g/mol. The number of anilines is 1. The maximum Gasteiger partial charge on any atom is 0.234 e. The van der Waals surface area contributed by atoms with E-state index in [4.69, 9.17) is 13.9 Å². The molecule has 0 radical (unpaired) electrons.